The standard InChI is InChI=1S/C20H18N2O/c1-12-8-7-11-15-16(12)18-13(2)17(14-9-5-4-6-10-14)20(23)22(3)19(18)21-15/h4-11,21H,1-3H3. The summed E-state index contributed by atoms with van der Waals surface area (Å²) >= 11 is 0. The normalized spacial score (nSPS) is 11.4. The van der Waals surface area contributed by atoms with Crippen LogP contribution in [-0.2, 0) is 7.05 Å². The molecule has 0 unspecified atom stereocenters. The van der Waals surface area contributed by atoms with Crippen molar-refractivity contribution in [2.75, 3.05) is 0 Å². The molecule has 4 aromatic rings. The minimum atomic E-state index is 0.0328. The lowest BCUT2D eigenvalue weighted by molar-refractivity contribution is 0.893. The van der Waals surface area contributed by atoms with Crippen LogP contribution in [-0.4, -0.2) is 9.55 Å². The van der Waals surface area contributed by atoms with Crippen molar-refractivity contribution in [2.24, 2.45) is 7.05 Å². The summed E-state index contributed by atoms with van der Waals surface area (Å²) in [6, 6.07) is 16.1. The zero-order valence-electron chi connectivity index (χ0n) is 13.5. The summed E-state index contributed by atoms with van der Waals surface area (Å²) in [5.74, 6) is 0. The second-order valence-corrected chi connectivity index (χ2v) is 6.08. The number of benzene rings is 2. The molecule has 0 aliphatic rings. The van der Waals surface area contributed by atoms with Gasteiger partial charge in [-0.3, -0.25) is 9.36 Å². The summed E-state index contributed by atoms with van der Waals surface area (Å²) in [4.78, 5) is 16.3. The molecule has 0 atom stereocenters. The van der Waals surface area contributed by atoms with E-state index in [9.17, 15) is 4.79 Å². The van der Waals surface area contributed by atoms with Gasteiger partial charge in [0.1, 0.15) is 5.65 Å². The van der Waals surface area contributed by atoms with Gasteiger partial charge in [0, 0.05) is 23.3 Å². The van der Waals surface area contributed by atoms with Gasteiger partial charge in [-0.2, -0.15) is 0 Å². The average Bonchev–Trinajstić information content (AvgIpc) is 2.95. The molecule has 1 N–H and O–H groups in total. The molecule has 4 rings (SSSR count). The number of fused-ring (bicyclic) bond motifs is 3. The molecule has 0 bridgehead atoms. The molecule has 3 nitrogen and oxygen atoms in total. The van der Waals surface area contributed by atoms with E-state index < -0.39 is 0 Å². The molecule has 0 aliphatic heterocycles. The third kappa shape index (κ3) is 1.86. The summed E-state index contributed by atoms with van der Waals surface area (Å²) in [6.07, 6.45) is 0. The van der Waals surface area contributed by atoms with Gasteiger partial charge in [-0.15, -0.1) is 0 Å². The highest BCUT2D eigenvalue weighted by Crippen LogP contribution is 2.33. The number of nitrogens with zero attached hydrogens (tertiary/aromatic N) is 1. The average molecular weight is 302 g/mol. The van der Waals surface area contributed by atoms with Gasteiger partial charge < -0.3 is 4.98 Å². The Kier molecular flexibility index (Phi) is 2.91. The van der Waals surface area contributed by atoms with Crippen molar-refractivity contribution in [3.8, 4) is 11.1 Å². The van der Waals surface area contributed by atoms with Crippen LogP contribution in [0.15, 0.2) is 53.3 Å². The smallest absolute Gasteiger partial charge is 0.260 e. The van der Waals surface area contributed by atoms with E-state index in [-0.39, 0.29) is 5.56 Å². The van der Waals surface area contributed by atoms with Crippen LogP contribution in [0.25, 0.3) is 33.1 Å². The largest absolute Gasteiger partial charge is 0.341 e. The van der Waals surface area contributed by atoms with E-state index >= 15 is 0 Å². The van der Waals surface area contributed by atoms with E-state index in [1.165, 1.54) is 10.9 Å². The van der Waals surface area contributed by atoms with E-state index in [2.05, 4.69) is 24.0 Å². The van der Waals surface area contributed by atoms with Crippen molar-refractivity contribution >= 4 is 21.9 Å². The fourth-order valence-corrected chi connectivity index (χ4v) is 3.53. The molecule has 2 heterocycles. The van der Waals surface area contributed by atoms with Gasteiger partial charge in [0.05, 0.1) is 5.56 Å². The van der Waals surface area contributed by atoms with Crippen molar-refractivity contribution in [3.05, 3.63) is 70.0 Å². The molecule has 23 heavy (non-hydrogen) atoms. The fourth-order valence-electron chi connectivity index (χ4n) is 3.53. The Balaban J connectivity index is 2.27. The van der Waals surface area contributed by atoms with Crippen LogP contribution >= 0.6 is 0 Å². The SMILES string of the molecule is Cc1cccc2[nH]c3c(c(C)c(-c4ccccc4)c(=O)n3C)c12. The van der Waals surface area contributed by atoms with Crippen molar-refractivity contribution < 1.29 is 0 Å². The first-order valence-corrected chi connectivity index (χ1v) is 7.75. The van der Waals surface area contributed by atoms with Gasteiger partial charge in [-0.25, -0.2) is 0 Å². The predicted molar refractivity (Wildman–Crippen MR) is 96.0 cm³/mol. The third-order valence-electron chi connectivity index (χ3n) is 4.68. The number of aryl methyl sites for hydroxylation is 3. The van der Waals surface area contributed by atoms with E-state index in [0.717, 1.165) is 33.2 Å². The van der Waals surface area contributed by atoms with E-state index in [0.29, 0.717) is 0 Å². The van der Waals surface area contributed by atoms with E-state index in [1.54, 1.807) is 4.57 Å². The maximum Gasteiger partial charge on any atom is 0.260 e. The van der Waals surface area contributed by atoms with Gasteiger partial charge in [-0.05, 0) is 36.6 Å². The minimum Gasteiger partial charge on any atom is -0.341 e. The number of hydrogen-bond acceptors (Lipinski definition) is 1. The summed E-state index contributed by atoms with van der Waals surface area (Å²) in [6.45, 7) is 4.16. The molecule has 0 saturated heterocycles. The molecule has 0 aliphatic carbocycles. The first-order valence-electron chi connectivity index (χ1n) is 7.75. The van der Waals surface area contributed by atoms with Crippen molar-refractivity contribution in [2.45, 2.75) is 13.8 Å². The van der Waals surface area contributed by atoms with Gasteiger partial charge in [0.2, 0.25) is 0 Å². The maximum absolute atomic E-state index is 12.9. The lowest BCUT2D eigenvalue weighted by Crippen LogP contribution is -2.20. The zero-order chi connectivity index (χ0) is 16.1. The molecule has 3 heteroatoms. The van der Waals surface area contributed by atoms with Crippen LogP contribution in [0.5, 0.6) is 0 Å². The lowest BCUT2D eigenvalue weighted by atomic mass is 9.97. The number of aromatic amines is 1. The summed E-state index contributed by atoms with van der Waals surface area (Å²) in [5.41, 5.74) is 6.00. The number of nitrogens with one attached hydrogen (secondary N) is 1. The second kappa shape index (κ2) is 4.85. The molecule has 2 aromatic carbocycles. The highest BCUT2D eigenvalue weighted by molar-refractivity contribution is 6.10. The monoisotopic (exact) mass is 302 g/mol. The maximum atomic E-state index is 12.9. The fraction of sp³-hybridized carbons (Fsp3) is 0.150. The second-order valence-electron chi connectivity index (χ2n) is 6.08. The van der Waals surface area contributed by atoms with Crippen molar-refractivity contribution in [3.63, 3.8) is 0 Å². The van der Waals surface area contributed by atoms with E-state index in [1.807, 2.05) is 50.4 Å². The van der Waals surface area contributed by atoms with Crippen LogP contribution in [0.1, 0.15) is 11.1 Å². The Morgan fingerprint density at radius 3 is 2.39 bits per heavy atom. The molecule has 0 fully saturated rings. The Hall–Kier alpha value is -2.81. The van der Waals surface area contributed by atoms with Gasteiger partial charge in [0.15, 0.2) is 0 Å². The number of H-pyrrole nitrogens is 1. The quantitative estimate of drug-likeness (QED) is 0.559. The number of hydrogen-bond donors (Lipinski definition) is 1. The van der Waals surface area contributed by atoms with Crippen molar-refractivity contribution in [1.29, 1.82) is 0 Å². The van der Waals surface area contributed by atoms with Crippen LogP contribution < -0.4 is 5.56 Å². The van der Waals surface area contributed by atoms with Crippen LogP contribution in [0.4, 0.5) is 0 Å². The topological polar surface area (TPSA) is 37.8 Å². The van der Waals surface area contributed by atoms with Crippen LogP contribution in [0.3, 0.4) is 0 Å². The minimum absolute atomic E-state index is 0.0328. The first kappa shape index (κ1) is 13.8. The molecule has 0 saturated carbocycles. The number of pyridine rings is 1. The molecule has 2 aromatic heterocycles. The highest BCUT2D eigenvalue weighted by Gasteiger charge is 2.18. The zero-order valence-corrected chi connectivity index (χ0v) is 13.5. The summed E-state index contributed by atoms with van der Waals surface area (Å²) in [7, 11) is 1.83. The number of aromatic nitrogens is 2. The van der Waals surface area contributed by atoms with E-state index in [4.69, 9.17) is 0 Å². The highest BCUT2D eigenvalue weighted by atomic mass is 16.1. The number of rotatable bonds is 1. The molecule has 0 spiro atoms. The Morgan fingerprint density at radius 2 is 1.65 bits per heavy atom. The summed E-state index contributed by atoms with van der Waals surface area (Å²) < 4.78 is 1.73. The predicted octanol–water partition coefficient (Wildman–Crippen LogP) is 4.30. The molecular formula is C20H18N2O. The molecule has 0 amide bonds. The van der Waals surface area contributed by atoms with Crippen molar-refractivity contribution in [1.82, 2.24) is 9.55 Å². The van der Waals surface area contributed by atoms with Crippen LogP contribution in [0, 0.1) is 13.8 Å². The van der Waals surface area contributed by atoms with Gasteiger partial charge >= 0.3 is 0 Å². The molecule has 114 valence electrons. The summed E-state index contributed by atoms with van der Waals surface area (Å²) in [5, 5.41) is 2.34. The Bertz CT molecular complexity index is 1100. The Labute approximate surface area is 134 Å². The third-order valence-corrected chi connectivity index (χ3v) is 4.68. The van der Waals surface area contributed by atoms with Crippen LogP contribution in [0.2, 0.25) is 0 Å². The molecule has 0 radical (unpaired) electrons. The van der Waals surface area contributed by atoms with Gasteiger partial charge in [-0.1, -0.05) is 42.5 Å². The molecular weight excluding hydrogens is 284 g/mol. The first-order chi connectivity index (χ1) is 11.1. The lowest BCUT2D eigenvalue weighted by Gasteiger charge is -2.11. The van der Waals surface area contributed by atoms with Gasteiger partial charge in [0.25, 0.3) is 5.56 Å². The Morgan fingerprint density at radius 1 is 0.913 bits per heavy atom.